The molecular weight excluding hydrogens is 202 g/mol. The Balaban J connectivity index is 1.68. The van der Waals surface area contributed by atoms with Gasteiger partial charge in [0.05, 0.1) is 0 Å². The van der Waals surface area contributed by atoms with E-state index in [2.05, 4.69) is 29.6 Å². The first kappa shape index (κ1) is 9.33. The van der Waals surface area contributed by atoms with Crippen LogP contribution < -0.4 is 5.32 Å². The van der Waals surface area contributed by atoms with Crippen molar-refractivity contribution in [2.24, 2.45) is 0 Å². The number of benzene rings is 1. The number of hydrogen-bond acceptors (Lipinski definition) is 3. The average Bonchev–Trinajstić information content (AvgIpc) is 2.72. The summed E-state index contributed by atoms with van der Waals surface area (Å²) in [7, 11) is 0. The Morgan fingerprint density at radius 1 is 1.12 bits per heavy atom. The molecule has 3 rings (SSSR count). The fraction of sp³-hybridized carbons (Fsp3) is 0.231. The summed E-state index contributed by atoms with van der Waals surface area (Å²) in [6.07, 6.45) is 7.27. The van der Waals surface area contributed by atoms with E-state index in [-0.39, 0.29) is 0 Å². The fourth-order valence-corrected chi connectivity index (χ4v) is 2.20. The molecule has 0 aromatic heterocycles. The molecule has 3 heteroatoms. The standard InChI is InChI=1S/C13H13NO2/c1-2-5-11-9-12(8-10(11)4-1)14-13-6-3-7-15-16-13/h1-7,12,14H,8-9H2. The van der Waals surface area contributed by atoms with Crippen LogP contribution in [0.5, 0.6) is 0 Å². The van der Waals surface area contributed by atoms with E-state index in [1.54, 1.807) is 0 Å². The van der Waals surface area contributed by atoms with Crippen LogP contribution in [0.3, 0.4) is 0 Å². The van der Waals surface area contributed by atoms with Crippen LogP contribution in [0, 0.1) is 0 Å². The van der Waals surface area contributed by atoms with E-state index >= 15 is 0 Å². The lowest BCUT2D eigenvalue weighted by Gasteiger charge is -2.16. The molecule has 1 aliphatic heterocycles. The molecule has 0 saturated heterocycles. The maximum absolute atomic E-state index is 5.00. The summed E-state index contributed by atoms with van der Waals surface area (Å²) in [5.41, 5.74) is 2.85. The first-order valence-electron chi connectivity index (χ1n) is 5.45. The molecule has 1 heterocycles. The van der Waals surface area contributed by atoms with Crippen molar-refractivity contribution in [3.8, 4) is 0 Å². The van der Waals surface area contributed by atoms with Crippen LogP contribution >= 0.6 is 0 Å². The molecule has 0 atom stereocenters. The van der Waals surface area contributed by atoms with Gasteiger partial charge in [0.2, 0.25) is 5.88 Å². The van der Waals surface area contributed by atoms with Gasteiger partial charge in [-0.05, 0) is 30.0 Å². The Bertz CT molecular complexity index is 426. The molecule has 2 aliphatic rings. The highest BCUT2D eigenvalue weighted by Gasteiger charge is 2.22. The van der Waals surface area contributed by atoms with Gasteiger partial charge in [-0.15, -0.1) is 0 Å². The lowest BCUT2D eigenvalue weighted by atomic mass is 10.1. The highest BCUT2D eigenvalue weighted by atomic mass is 17.2. The number of hydrogen-bond donors (Lipinski definition) is 1. The van der Waals surface area contributed by atoms with Crippen LogP contribution in [0.2, 0.25) is 0 Å². The van der Waals surface area contributed by atoms with Crippen molar-refractivity contribution in [3.63, 3.8) is 0 Å². The summed E-state index contributed by atoms with van der Waals surface area (Å²) in [6.45, 7) is 0. The van der Waals surface area contributed by atoms with Gasteiger partial charge in [0.1, 0.15) is 6.26 Å². The first-order chi connectivity index (χ1) is 7.92. The SMILES string of the molecule is C1=COOC(NC2Cc3ccccc3C2)=C1. The van der Waals surface area contributed by atoms with E-state index in [1.807, 2.05) is 12.2 Å². The van der Waals surface area contributed by atoms with Crippen LogP contribution in [0.15, 0.2) is 48.6 Å². The number of nitrogens with one attached hydrogen (secondary N) is 1. The van der Waals surface area contributed by atoms with Crippen LogP contribution in [0.4, 0.5) is 0 Å². The Hall–Kier alpha value is -1.90. The summed E-state index contributed by atoms with van der Waals surface area (Å²) >= 11 is 0. The van der Waals surface area contributed by atoms with Gasteiger partial charge in [-0.1, -0.05) is 24.3 Å². The highest BCUT2D eigenvalue weighted by molar-refractivity contribution is 5.33. The summed E-state index contributed by atoms with van der Waals surface area (Å²) in [5, 5.41) is 3.33. The zero-order valence-corrected chi connectivity index (χ0v) is 8.85. The molecule has 3 nitrogen and oxygen atoms in total. The molecule has 0 unspecified atom stereocenters. The van der Waals surface area contributed by atoms with Crippen molar-refractivity contribution in [2.45, 2.75) is 18.9 Å². The van der Waals surface area contributed by atoms with Crippen LogP contribution in [-0.4, -0.2) is 6.04 Å². The van der Waals surface area contributed by atoms with Gasteiger partial charge >= 0.3 is 0 Å². The fourth-order valence-electron chi connectivity index (χ4n) is 2.20. The first-order valence-corrected chi connectivity index (χ1v) is 5.45. The molecule has 0 radical (unpaired) electrons. The van der Waals surface area contributed by atoms with Crippen molar-refractivity contribution >= 4 is 0 Å². The van der Waals surface area contributed by atoms with Crippen molar-refractivity contribution in [2.75, 3.05) is 0 Å². The zero-order valence-electron chi connectivity index (χ0n) is 8.85. The van der Waals surface area contributed by atoms with Gasteiger partial charge in [-0.3, -0.25) is 9.78 Å². The molecule has 16 heavy (non-hydrogen) atoms. The van der Waals surface area contributed by atoms with E-state index in [9.17, 15) is 0 Å². The largest absolute Gasteiger partial charge is 0.349 e. The number of rotatable bonds is 2. The predicted octanol–water partition coefficient (Wildman–Crippen LogP) is 2.06. The van der Waals surface area contributed by atoms with Gasteiger partial charge in [0.15, 0.2) is 0 Å². The van der Waals surface area contributed by atoms with Crippen molar-refractivity contribution < 1.29 is 9.78 Å². The smallest absolute Gasteiger partial charge is 0.244 e. The van der Waals surface area contributed by atoms with Gasteiger partial charge in [-0.2, -0.15) is 0 Å². The minimum Gasteiger partial charge on any atom is -0.349 e. The quantitative estimate of drug-likeness (QED) is 0.766. The van der Waals surface area contributed by atoms with Crippen LogP contribution in [0.25, 0.3) is 0 Å². The highest BCUT2D eigenvalue weighted by Crippen LogP contribution is 2.22. The summed E-state index contributed by atoms with van der Waals surface area (Å²) < 4.78 is 0. The summed E-state index contributed by atoms with van der Waals surface area (Å²) in [4.78, 5) is 9.76. The molecule has 0 spiro atoms. The minimum atomic E-state index is 0.402. The van der Waals surface area contributed by atoms with Gasteiger partial charge in [0, 0.05) is 12.1 Å². The average molecular weight is 215 g/mol. The maximum atomic E-state index is 5.00. The zero-order chi connectivity index (χ0) is 10.8. The molecule has 82 valence electrons. The van der Waals surface area contributed by atoms with Crippen molar-refractivity contribution in [3.05, 3.63) is 59.7 Å². The third-order valence-corrected chi connectivity index (χ3v) is 2.92. The summed E-state index contributed by atoms with van der Waals surface area (Å²) in [5.74, 6) is 0.681. The normalized spacial score (nSPS) is 18.4. The van der Waals surface area contributed by atoms with Gasteiger partial charge in [-0.25, -0.2) is 0 Å². The Morgan fingerprint density at radius 3 is 2.50 bits per heavy atom. The molecule has 1 aliphatic carbocycles. The number of allylic oxidation sites excluding steroid dienone is 2. The molecule has 1 N–H and O–H groups in total. The molecule has 0 fully saturated rings. The minimum absolute atomic E-state index is 0.402. The van der Waals surface area contributed by atoms with E-state index in [1.165, 1.54) is 17.4 Å². The monoisotopic (exact) mass is 215 g/mol. The Labute approximate surface area is 94.3 Å². The van der Waals surface area contributed by atoms with E-state index < -0.39 is 0 Å². The molecule has 0 saturated carbocycles. The third-order valence-electron chi connectivity index (χ3n) is 2.92. The molecule has 1 aromatic carbocycles. The second-order valence-electron chi connectivity index (χ2n) is 4.06. The lowest BCUT2D eigenvalue weighted by molar-refractivity contribution is -0.220. The van der Waals surface area contributed by atoms with E-state index in [0.29, 0.717) is 11.9 Å². The van der Waals surface area contributed by atoms with Gasteiger partial charge < -0.3 is 5.32 Å². The second-order valence-corrected chi connectivity index (χ2v) is 4.06. The van der Waals surface area contributed by atoms with Gasteiger partial charge in [0.25, 0.3) is 0 Å². The van der Waals surface area contributed by atoms with E-state index in [0.717, 1.165) is 12.8 Å². The maximum Gasteiger partial charge on any atom is 0.244 e. The Morgan fingerprint density at radius 2 is 1.88 bits per heavy atom. The molecule has 0 bridgehead atoms. The molecule has 0 amide bonds. The number of fused-ring (bicyclic) bond motifs is 1. The van der Waals surface area contributed by atoms with Crippen LogP contribution in [-0.2, 0) is 22.6 Å². The second kappa shape index (κ2) is 3.93. The predicted molar refractivity (Wildman–Crippen MR) is 60.2 cm³/mol. The third kappa shape index (κ3) is 1.76. The summed E-state index contributed by atoms with van der Waals surface area (Å²) in [6, 6.07) is 8.94. The van der Waals surface area contributed by atoms with Crippen molar-refractivity contribution in [1.29, 1.82) is 0 Å². The van der Waals surface area contributed by atoms with Crippen LogP contribution in [0.1, 0.15) is 11.1 Å². The topological polar surface area (TPSA) is 30.5 Å². The lowest BCUT2D eigenvalue weighted by Crippen LogP contribution is -2.30. The van der Waals surface area contributed by atoms with Crippen molar-refractivity contribution in [1.82, 2.24) is 5.32 Å². The van der Waals surface area contributed by atoms with E-state index in [4.69, 9.17) is 9.78 Å². The Kier molecular flexibility index (Phi) is 2.29. The molecule has 1 aromatic rings. The molecular formula is C13H13NO2.